The number of pyridine rings is 2. The number of imidazole rings is 1. The monoisotopic (exact) mass is 422 g/mol. The second-order valence-electron chi connectivity index (χ2n) is 8.09. The molecule has 6 heteroatoms. The minimum absolute atomic E-state index is 0.286. The first-order valence-electron chi connectivity index (χ1n) is 10.4. The molecule has 0 radical (unpaired) electrons. The van der Waals surface area contributed by atoms with Gasteiger partial charge in [-0.15, -0.1) is 0 Å². The van der Waals surface area contributed by atoms with Crippen molar-refractivity contribution in [3.05, 3.63) is 83.6 Å². The van der Waals surface area contributed by atoms with Gasteiger partial charge in [-0.2, -0.15) is 9.37 Å². The van der Waals surface area contributed by atoms with E-state index in [0.717, 1.165) is 55.8 Å². The van der Waals surface area contributed by atoms with Crippen molar-refractivity contribution in [3.8, 4) is 17.1 Å². The number of hydrogen-bond acceptors (Lipinski definition) is 4. The molecule has 0 amide bonds. The molecule has 4 heterocycles. The number of rotatable bonds is 2. The Bertz CT molecular complexity index is 1660. The quantitative estimate of drug-likeness (QED) is 0.301. The highest BCUT2D eigenvalue weighted by molar-refractivity contribution is 6.10. The van der Waals surface area contributed by atoms with E-state index in [-0.39, 0.29) is 5.71 Å². The average Bonchev–Trinajstić information content (AvgIpc) is 3.32. The minimum Gasteiger partial charge on any atom is -0.437 e. The predicted octanol–water partition coefficient (Wildman–Crippen LogP) is 6.45. The lowest BCUT2D eigenvalue weighted by Gasteiger charge is -2.12. The molecule has 0 atom stereocenters. The van der Waals surface area contributed by atoms with Crippen LogP contribution in [0.15, 0.2) is 65.1 Å². The molecule has 0 aliphatic carbocycles. The molecule has 0 saturated carbocycles. The lowest BCUT2D eigenvalue weighted by molar-refractivity contribution is 0.569. The molecule has 2 aromatic carbocycles. The fourth-order valence-electron chi connectivity index (χ4n) is 4.49. The third-order valence-electron chi connectivity index (χ3n) is 5.79. The Morgan fingerprint density at radius 2 is 1.62 bits per heavy atom. The van der Waals surface area contributed by atoms with Crippen molar-refractivity contribution >= 4 is 33.1 Å². The normalized spacial score (nSPS) is 11.8. The van der Waals surface area contributed by atoms with Crippen LogP contribution in [0.5, 0.6) is 0 Å². The van der Waals surface area contributed by atoms with Gasteiger partial charge in [0.05, 0.1) is 22.3 Å². The van der Waals surface area contributed by atoms with E-state index in [1.54, 1.807) is 6.07 Å². The van der Waals surface area contributed by atoms with Gasteiger partial charge in [0.1, 0.15) is 11.4 Å². The van der Waals surface area contributed by atoms with E-state index >= 15 is 0 Å². The summed E-state index contributed by atoms with van der Waals surface area (Å²) >= 11 is 0. The highest BCUT2D eigenvalue weighted by Gasteiger charge is 2.21. The summed E-state index contributed by atoms with van der Waals surface area (Å²) in [6.07, 6.45) is 0. The number of para-hydroxylation sites is 2. The third-order valence-corrected chi connectivity index (χ3v) is 5.79. The van der Waals surface area contributed by atoms with Crippen molar-refractivity contribution in [2.24, 2.45) is 0 Å². The summed E-state index contributed by atoms with van der Waals surface area (Å²) in [6, 6.07) is 19.3. The van der Waals surface area contributed by atoms with E-state index < -0.39 is 5.95 Å². The zero-order valence-electron chi connectivity index (χ0n) is 17.8. The van der Waals surface area contributed by atoms with Crippen molar-refractivity contribution in [1.29, 1.82) is 0 Å². The van der Waals surface area contributed by atoms with Crippen LogP contribution in [-0.4, -0.2) is 19.5 Å². The van der Waals surface area contributed by atoms with Crippen molar-refractivity contribution < 1.29 is 8.81 Å². The molecule has 6 rings (SSSR count). The Labute approximate surface area is 183 Å². The second kappa shape index (κ2) is 6.72. The van der Waals surface area contributed by atoms with E-state index in [2.05, 4.69) is 20.6 Å². The Balaban J connectivity index is 1.75. The van der Waals surface area contributed by atoms with Crippen LogP contribution in [-0.2, 0) is 0 Å². The van der Waals surface area contributed by atoms with E-state index in [1.807, 2.05) is 63.2 Å². The largest absolute Gasteiger partial charge is 0.437 e. The standard InChI is InChI=1S/C26H19FN4O/c1-14-8-9-19(24-23(14)18-10-11-22(27)30-26(18)32-24)25-29-20-6-4-5-7-21(20)31(25)17-12-15(2)28-16(3)13-17/h4-13H,1-3H3. The van der Waals surface area contributed by atoms with E-state index in [0.29, 0.717) is 5.58 Å². The van der Waals surface area contributed by atoms with Gasteiger partial charge in [0.2, 0.25) is 11.7 Å². The molecular formula is C26H19FN4O. The van der Waals surface area contributed by atoms with Crippen molar-refractivity contribution in [2.75, 3.05) is 0 Å². The van der Waals surface area contributed by atoms with Gasteiger partial charge in [0.15, 0.2) is 0 Å². The number of furan rings is 1. The van der Waals surface area contributed by atoms with Gasteiger partial charge in [-0.25, -0.2) is 4.98 Å². The molecule has 0 N–H and O–H groups in total. The Hall–Kier alpha value is -4.06. The molecule has 6 aromatic rings. The molecule has 156 valence electrons. The van der Waals surface area contributed by atoms with Crippen LogP contribution in [0.4, 0.5) is 4.39 Å². The van der Waals surface area contributed by atoms with Gasteiger partial charge in [0, 0.05) is 22.2 Å². The molecule has 0 bridgehead atoms. The number of halogens is 1. The summed E-state index contributed by atoms with van der Waals surface area (Å²) in [4.78, 5) is 13.5. The number of hydrogen-bond donors (Lipinski definition) is 0. The van der Waals surface area contributed by atoms with Gasteiger partial charge in [-0.05, 0) is 68.8 Å². The third kappa shape index (κ3) is 2.73. The lowest BCUT2D eigenvalue weighted by atomic mass is 10.0. The van der Waals surface area contributed by atoms with Gasteiger partial charge in [-0.3, -0.25) is 9.55 Å². The highest BCUT2D eigenvalue weighted by atomic mass is 19.1. The summed E-state index contributed by atoms with van der Waals surface area (Å²) in [5.74, 6) is 0.187. The Morgan fingerprint density at radius 3 is 2.44 bits per heavy atom. The summed E-state index contributed by atoms with van der Waals surface area (Å²) in [5.41, 5.74) is 7.51. The van der Waals surface area contributed by atoms with Crippen molar-refractivity contribution in [3.63, 3.8) is 0 Å². The summed E-state index contributed by atoms with van der Waals surface area (Å²) in [6.45, 7) is 5.99. The predicted molar refractivity (Wildman–Crippen MR) is 124 cm³/mol. The zero-order valence-corrected chi connectivity index (χ0v) is 17.8. The Kier molecular flexibility index (Phi) is 3.92. The molecule has 0 saturated heterocycles. The molecule has 0 spiro atoms. The molecule has 32 heavy (non-hydrogen) atoms. The maximum atomic E-state index is 13.8. The SMILES string of the molecule is Cc1cc(-n2c(-c3ccc(C)c4c3oc3nc(F)ccc34)nc3ccccc32)cc(C)n1. The molecule has 5 nitrogen and oxygen atoms in total. The van der Waals surface area contributed by atoms with Gasteiger partial charge >= 0.3 is 0 Å². The van der Waals surface area contributed by atoms with E-state index in [9.17, 15) is 4.39 Å². The molecule has 0 aliphatic rings. The van der Waals surface area contributed by atoms with Crippen molar-refractivity contribution in [1.82, 2.24) is 19.5 Å². The topological polar surface area (TPSA) is 56.7 Å². The fraction of sp³-hybridized carbons (Fsp3) is 0.115. The van der Waals surface area contributed by atoms with Crippen LogP contribution in [0, 0.1) is 26.7 Å². The molecule has 0 unspecified atom stereocenters. The lowest BCUT2D eigenvalue weighted by Crippen LogP contribution is -2.00. The zero-order chi connectivity index (χ0) is 22.0. The summed E-state index contributed by atoms with van der Waals surface area (Å²) in [7, 11) is 0. The fourth-order valence-corrected chi connectivity index (χ4v) is 4.49. The van der Waals surface area contributed by atoms with Crippen LogP contribution >= 0.6 is 0 Å². The number of aryl methyl sites for hydroxylation is 3. The van der Waals surface area contributed by atoms with Crippen molar-refractivity contribution in [2.45, 2.75) is 20.8 Å². The first-order chi connectivity index (χ1) is 15.5. The average molecular weight is 422 g/mol. The van der Waals surface area contributed by atoms with E-state index in [4.69, 9.17) is 9.40 Å². The first kappa shape index (κ1) is 18.7. The highest BCUT2D eigenvalue weighted by Crippen LogP contribution is 2.39. The number of fused-ring (bicyclic) bond motifs is 4. The van der Waals surface area contributed by atoms with Gasteiger partial charge < -0.3 is 4.42 Å². The van der Waals surface area contributed by atoms with Crippen LogP contribution in [0.3, 0.4) is 0 Å². The van der Waals surface area contributed by atoms with Gasteiger partial charge in [0.25, 0.3) is 0 Å². The van der Waals surface area contributed by atoms with Gasteiger partial charge in [-0.1, -0.05) is 18.2 Å². The maximum Gasteiger partial charge on any atom is 0.229 e. The molecule has 4 aromatic heterocycles. The smallest absolute Gasteiger partial charge is 0.229 e. The van der Waals surface area contributed by atoms with Crippen LogP contribution in [0.2, 0.25) is 0 Å². The Morgan fingerprint density at radius 1 is 0.844 bits per heavy atom. The van der Waals surface area contributed by atoms with Crippen LogP contribution in [0.1, 0.15) is 17.0 Å². The number of benzene rings is 2. The first-order valence-corrected chi connectivity index (χ1v) is 10.4. The molecule has 0 aliphatic heterocycles. The second-order valence-corrected chi connectivity index (χ2v) is 8.09. The minimum atomic E-state index is -0.564. The summed E-state index contributed by atoms with van der Waals surface area (Å²) < 4.78 is 22.0. The summed E-state index contributed by atoms with van der Waals surface area (Å²) in [5, 5.41) is 1.71. The van der Waals surface area contributed by atoms with Crippen LogP contribution < -0.4 is 0 Å². The molecular weight excluding hydrogens is 403 g/mol. The number of nitrogens with zero attached hydrogens (tertiary/aromatic N) is 4. The maximum absolute atomic E-state index is 13.8. The number of aromatic nitrogens is 4. The molecule has 0 fully saturated rings. The van der Waals surface area contributed by atoms with E-state index in [1.165, 1.54) is 6.07 Å². The van der Waals surface area contributed by atoms with Crippen LogP contribution in [0.25, 0.3) is 50.2 Å².